The van der Waals surface area contributed by atoms with Crippen LogP contribution >= 0.6 is 0 Å². The van der Waals surface area contributed by atoms with Gasteiger partial charge in [0.25, 0.3) is 0 Å². The number of hydrogen-bond acceptors (Lipinski definition) is 2. The molecule has 24 heavy (non-hydrogen) atoms. The van der Waals surface area contributed by atoms with E-state index >= 15 is 0 Å². The minimum absolute atomic E-state index is 0.316. The number of carbonyl (C=O) groups excluding carboxylic acids is 1. The Morgan fingerprint density at radius 2 is 1.88 bits per heavy atom. The van der Waals surface area contributed by atoms with Crippen LogP contribution in [0.2, 0.25) is 0 Å². The number of nitrogens with zero attached hydrogens (tertiary/aromatic N) is 1. The maximum absolute atomic E-state index is 12.7. The summed E-state index contributed by atoms with van der Waals surface area (Å²) in [5.74, 6) is 2.18. The fourth-order valence-corrected chi connectivity index (χ4v) is 5.09. The van der Waals surface area contributed by atoms with Gasteiger partial charge in [-0.1, -0.05) is 43.2 Å². The number of carbonyl (C=O) groups is 1. The van der Waals surface area contributed by atoms with E-state index in [1.807, 2.05) is 0 Å². The molecule has 2 bridgehead atoms. The van der Waals surface area contributed by atoms with Crippen LogP contribution in [-0.4, -0.2) is 36.5 Å². The van der Waals surface area contributed by atoms with Crippen molar-refractivity contribution in [3.63, 3.8) is 0 Å². The van der Waals surface area contributed by atoms with Crippen molar-refractivity contribution < 1.29 is 4.79 Å². The average molecular weight is 326 g/mol. The quantitative estimate of drug-likeness (QED) is 0.901. The predicted octanol–water partition coefficient (Wildman–Crippen LogP) is 3.25. The summed E-state index contributed by atoms with van der Waals surface area (Å²) in [6, 6.07) is 11.1. The molecule has 1 amide bonds. The second-order valence-corrected chi connectivity index (χ2v) is 8.15. The number of benzene rings is 1. The van der Waals surface area contributed by atoms with Gasteiger partial charge >= 0.3 is 0 Å². The SMILES string of the molecule is O=C(NC1CCN(CCc2ccccc2)C1)C1CC2CCC1CC2. The van der Waals surface area contributed by atoms with Crippen LogP contribution in [0.4, 0.5) is 0 Å². The smallest absolute Gasteiger partial charge is 0.223 e. The van der Waals surface area contributed by atoms with E-state index < -0.39 is 0 Å². The highest BCUT2D eigenvalue weighted by Gasteiger charge is 2.40. The lowest BCUT2D eigenvalue weighted by molar-refractivity contribution is -0.130. The Morgan fingerprint density at radius 3 is 2.58 bits per heavy atom. The maximum atomic E-state index is 12.7. The van der Waals surface area contributed by atoms with Crippen molar-refractivity contribution in [1.29, 1.82) is 0 Å². The molecular weight excluding hydrogens is 296 g/mol. The average Bonchev–Trinajstić information content (AvgIpc) is 3.09. The van der Waals surface area contributed by atoms with Crippen LogP contribution in [0.15, 0.2) is 30.3 Å². The van der Waals surface area contributed by atoms with E-state index in [4.69, 9.17) is 0 Å². The number of likely N-dealkylation sites (tertiary alicyclic amines) is 1. The van der Waals surface area contributed by atoms with Gasteiger partial charge in [-0.25, -0.2) is 0 Å². The van der Waals surface area contributed by atoms with E-state index in [1.54, 1.807) is 0 Å². The molecule has 1 aliphatic heterocycles. The second-order valence-electron chi connectivity index (χ2n) is 8.15. The minimum Gasteiger partial charge on any atom is -0.352 e. The van der Waals surface area contributed by atoms with E-state index in [2.05, 4.69) is 40.5 Å². The van der Waals surface area contributed by atoms with E-state index in [9.17, 15) is 4.79 Å². The Hall–Kier alpha value is -1.35. The van der Waals surface area contributed by atoms with Crippen molar-refractivity contribution in [2.75, 3.05) is 19.6 Å². The summed E-state index contributed by atoms with van der Waals surface area (Å²) in [5, 5.41) is 3.38. The summed E-state index contributed by atoms with van der Waals surface area (Å²) < 4.78 is 0. The van der Waals surface area contributed by atoms with Gasteiger partial charge in [0, 0.05) is 31.6 Å². The molecule has 0 spiro atoms. The molecule has 1 aromatic rings. The molecule has 130 valence electrons. The van der Waals surface area contributed by atoms with Crippen molar-refractivity contribution in [3.05, 3.63) is 35.9 Å². The third-order valence-electron chi connectivity index (χ3n) is 6.56. The highest BCUT2D eigenvalue weighted by molar-refractivity contribution is 5.79. The van der Waals surface area contributed by atoms with Gasteiger partial charge in [-0.2, -0.15) is 0 Å². The summed E-state index contributed by atoms with van der Waals surface area (Å²) in [7, 11) is 0. The van der Waals surface area contributed by atoms with E-state index in [-0.39, 0.29) is 0 Å². The van der Waals surface area contributed by atoms with Gasteiger partial charge in [0.05, 0.1) is 0 Å². The molecule has 4 fully saturated rings. The van der Waals surface area contributed by atoms with Crippen LogP contribution in [0, 0.1) is 17.8 Å². The summed E-state index contributed by atoms with van der Waals surface area (Å²) in [6.45, 7) is 3.25. The molecule has 3 nitrogen and oxygen atoms in total. The standard InChI is InChI=1S/C21H30N2O/c24-21(20-14-17-6-8-18(20)9-7-17)22-19-11-13-23(15-19)12-10-16-4-2-1-3-5-16/h1-5,17-20H,6-15H2,(H,22,24). The molecule has 2 atom stereocenters. The molecule has 0 aromatic heterocycles. The van der Waals surface area contributed by atoms with Gasteiger partial charge in [0.15, 0.2) is 0 Å². The zero-order valence-electron chi connectivity index (χ0n) is 14.6. The first-order chi connectivity index (χ1) is 11.8. The lowest BCUT2D eigenvalue weighted by Gasteiger charge is -2.41. The Morgan fingerprint density at radius 1 is 1.08 bits per heavy atom. The zero-order chi connectivity index (χ0) is 16.4. The molecule has 1 N–H and O–H groups in total. The third kappa shape index (κ3) is 3.66. The van der Waals surface area contributed by atoms with E-state index in [0.717, 1.165) is 44.8 Å². The predicted molar refractivity (Wildman–Crippen MR) is 96.7 cm³/mol. The molecular formula is C21H30N2O. The van der Waals surface area contributed by atoms with Gasteiger partial charge in [-0.15, -0.1) is 0 Å². The molecule has 0 radical (unpaired) electrons. The second kappa shape index (κ2) is 7.26. The molecule has 1 saturated heterocycles. The van der Waals surface area contributed by atoms with E-state index in [0.29, 0.717) is 23.8 Å². The summed E-state index contributed by atoms with van der Waals surface area (Å²) >= 11 is 0. The Labute approximate surface area is 145 Å². The van der Waals surface area contributed by atoms with Crippen molar-refractivity contribution >= 4 is 5.91 Å². The summed E-state index contributed by atoms with van der Waals surface area (Å²) in [6.07, 6.45) is 8.68. The van der Waals surface area contributed by atoms with E-state index in [1.165, 1.54) is 31.2 Å². The number of amides is 1. The Balaban J connectivity index is 1.23. The zero-order valence-corrected chi connectivity index (χ0v) is 14.6. The van der Waals surface area contributed by atoms with Gasteiger partial charge < -0.3 is 10.2 Å². The third-order valence-corrected chi connectivity index (χ3v) is 6.56. The van der Waals surface area contributed by atoms with Crippen molar-refractivity contribution in [2.45, 2.75) is 51.0 Å². The molecule has 1 aromatic carbocycles. The minimum atomic E-state index is 0.316. The first kappa shape index (κ1) is 16.1. The van der Waals surface area contributed by atoms with Crippen LogP contribution in [-0.2, 0) is 11.2 Å². The number of rotatable bonds is 5. The molecule has 3 heteroatoms. The lowest BCUT2D eigenvalue weighted by atomic mass is 9.64. The van der Waals surface area contributed by atoms with Crippen molar-refractivity contribution in [2.24, 2.45) is 17.8 Å². The first-order valence-electron chi connectivity index (χ1n) is 9.84. The van der Waals surface area contributed by atoms with Gasteiger partial charge in [-0.3, -0.25) is 4.79 Å². The monoisotopic (exact) mass is 326 g/mol. The highest BCUT2D eigenvalue weighted by atomic mass is 16.2. The van der Waals surface area contributed by atoms with Gasteiger partial charge in [0.1, 0.15) is 0 Å². The number of nitrogens with one attached hydrogen (secondary N) is 1. The van der Waals surface area contributed by atoms with Crippen LogP contribution in [0.5, 0.6) is 0 Å². The molecule has 4 aliphatic rings. The van der Waals surface area contributed by atoms with Gasteiger partial charge in [0.2, 0.25) is 5.91 Å². The maximum Gasteiger partial charge on any atom is 0.223 e. The Bertz CT molecular complexity index is 550. The number of hydrogen-bond donors (Lipinski definition) is 1. The molecule has 3 aliphatic carbocycles. The largest absolute Gasteiger partial charge is 0.352 e. The topological polar surface area (TPSA) is 32.3 Å². The van der Waals surface area contributed by atoms with Crippen LogP contribution in [0.1, 0.15) is 44.1 Å². The Kier molecular flexibility index (Phi) is 4.88. The summed E-state index contributed by atoms with van der Waals surface area (Å²) in [4.78, 5) is 15.2. The van der Waals surface area contributed by atoms with Gasteiger partial charge in [-0.05, 0) is 49.5 Å². The van der Waals surface area contributed by atoms with Crippen LogP contribution < -0.4 is 5.32 Å². The van der Waals surface area contributed by atoms with Crippen LogP contribution in [0.3, 0.4) is 0 Å². The molecule has 2 unspecified atom stereocenters. The van der Waals surface area contributed by atoms with Crippen LogP contribution in [0.25, 0.3) is 0 Å². The number of fused-ring (bicyclic) bond motifs is 3. The summed E-state index contributed by atoms with van der Waals surface area (Å²) in [5.41, 5.74) is 1.41. The highest BCUT2D eigenvalue weighted by Crippen LogP contribution is 2.45. The molecule has 1 heterocycles. The molecule has 3 saturated carbocycles. The fraction of sp³-hybridized carbons (Fsp3) is 0.667. The van der Waals surface area contributed by atoms with Crippen molar-refractivity contribution in [3.8, 4) is 0 Å². The van der Waals surface area contributed by atoms with Crippen molar-refractivity contribution in [1.82, 2.24) is 10.2 Å². The molecule has 5 rings (SSSR count). The first-order valence-corrected chi connectivity index (χ1v) is 9.84. The normalized spacial score (nSPS) is 32.8. The lowest BCUT2D eigenvalue weighted by Crippen LogP contribution is -2.46. The fourth-order valence-electron chi connectivity index (χ4n) is 5.09.